The van der Waals surface area contributed by atoms with Gasteiger partial charge in [0.25, 0.3) is 6.04 Å². The van der Waals surface area contributed by atoms with Gasteiger partial charge < -0.3 is 15.3 Å². The SMILES string of the molecule is I.O=C(c1ccccn1)c1cc(S(F)(F)(F)(F)F)nc2c(C(F)(F)F)cccc12.O[C@H](c1cc(S(F)(F)(F)(F)F)nc2c(C(F)(F)F)cccc12)[C@H]1CCCCN1.[C-]#[N+]C(c1ccccn1)c1cc(S(F)(F)(F)(F)F)nc2c(C(F)(F)F)cccc12.[HH]. The number of aromatic nitrogens is 5. The Bertz CT molecular complexity index is 3980. The summed E-state index contributed by atoms with van der Waals surface area (Å²) in [5.41, 5.74) is -11.8. The van der Waals surface area contributed by atoms with Crippen molar-refractivity contribution in [3.05, 3.63) is 178 Å². The Morgan fingerprint density at radius 3 is 1.34 bits per heavy atom. The number of halogens is 25. The van der Waals surface area contributed by atoms with Crippen LogP contribution < -0.4 is 5.32 Å². The van der Waals surface area contributed by atoms with Crippen LogP contribution in [0.1, 0.15) is 82.4 Å². The summed E-state index contributed by atoms with van der Waals surface area (Å²) in [5.74, 6) is -1.25. The summed E-state index contributed by atoms with van der Waals surface area (Å²) in [6.07, 6.45) is -13.1. The number of aliphatic hydroxyl groups excluding tert-OH is 1. The smallest absolute Gasteiger partial charge is 0.387 e. The van der Waals surface area contributed by atoms with E-state index in [2.05, 4.69) is 35.1 Å². The van der Waals surface area contributed by atoms with E-state index < -0.39 is 160 Å². The second kappa shape index (κ2) is 20.7. The molecule has 5 aromatic heterocycles. The van der Waals surface area contributed by atoms with Crippen LogP contribution in [0.25, 0.3) is 37.6 Å². The first-order valence-electron chi connectivity index (χ1n) is 23.2. The molecule has 0 bridgehead atoms. The summed E-state index contributed by atoms with van der Waals surface area (Å²) < 4.78 is 319. The molecule has 3 aromatic carbocycles. The van der Waals surface area contributed by atoms with Crippen LogP contribution in [0.15, 0.2) is 137 Å². The minimum Gasteiger partial charge on any atom is -0.387 e. The van der Waals surface area contributed by atoms with Gasteiger partial charge in [0, 0.05) is 41.6 Å². The highest BCUT2D eigenvalue weighted by atomic mass is 127. The van der Waals surface area contributed by atoms with E-state index in [1.54, 1.807) is 0 Å². The zero-order chi connectivity index (χ0) is 63.8. The molecule has 2 N–H and O–H groups in total. The standard InChI is InChI=1S/C17H9F8N3S.C16H16F8N2OS.C16H8F8N2OS.HI.H2/c1-26-16(13-7-2-3-8-27-13)11-9-14(29(21,22,23,24)25)28-15-10(11)5-4-6-12(15)17(18,19)20;2*17-16(18,19)11-5-3-4-9-10(15(27)12-6-1-2-7-25-12)8-13(26-14(9)11)28(20,21,22,23)24;;/h2-9,16H;3-5,8,12,15,25,27H,1-2,6-7H2;1-8H;2*1H/t;12-,15-;;;/m.1.../s1. The highest BCUT2D eigenvalue weighted by Gasteiger charge is 2.69. The monoisotopic (exact) mass is 1430 g/mol. The van der Waals surface area contributed by atoms with Crippen LogP contribution in [0, 0.1) is 6.57 Å². The van der Waals surface area contributed by atoms with Crippen molar-refractivity contribution in [1.82, 2.24) is 30.2 Å². The van der Waals surface area contributed by atoms with E-state index in [4.69, 9.17) is 6.57 Å². The fourth-order valence-corrected chi connectivity index (χ4v) is 10.3. The number of alkyl halides is 9. The Kier molecular flexibility index (Phi) is 16.5. The lowest BCUT2D eigenvalue weighted by Crippen LogP contribution is -2.39. The number of nitrogens with one attached hydrogen (secondary N) is 1. The topological polar surface area (TPSA) is 118 Å². The molecular formula is C49H36F24IN7O2S3. The Labute approximate surface area is 485 Å². The Balaban J connectivity index is 0.000000235. The second-order valence-corrected chi connectivity index (χ2v) is 25.5. The first kappa shape index (κ1) is 68.5. The molecule has 0 radical (unpaired) electrons. The number of nitrogens with zero attached hydrogens (tertiary/aromatic N) is 6. The van der Waals surface area contributed by atoms with Gasteiger partial charge in [0.2, 0.25) is 5.78 Å². The van der Waals surface area contributed by atoms with Crippen LogP contribution in [0.2, 0.25) is 0 Å². The van der Waals surface area contributed by atoms with Gasteiger partial charge in [-0.25, -0.2) is 21.5 Å². The number of rotatable bonds is 9. The number of fused-ring (bicyclic) bond motifs is 3. The molecular weight excluding hydrogens is 1400 g/mol. The second-order valence-electron chi connectivity index (χ2n) is 18.4. The molecule has 0 saturated carbocycles. The molecule has 1 unspecified atom stereocenters. The number of ketones is 1. The molecule has 0 amide bonds. The van der Waals surface area contributed by atoms with Gasteiger partial charge in [0.15, 0.2) is 15.1 Å². The molecule has 472 valence electrons. The number of hydrogen-bond acceptors (Lipinski definition) is 8. The third-order valence-corrected chi connectivity index (χ3v) is 15.2. The fraction of sp³-hybridized carbons (Fsp3) is 0.204. The lowest BCUT2D eigenvalue weighted by Gasteiger charge is -2.40. The largest absolute Gasteiger partial charge is 0.418 e. The van der Waals surface area contributed by atoms with Crippen LogP contribution in [0.5, 0.6) is 0 Å². The van der Waals surface area contributed by atoms with Gasteiger partial charge in [-0.1, -0.05) is 113 Å². The van der Waals surface area contributed by atoms with Gasteiger partial charge in [0.1, 0.15) is 11.4 Å². The van der Waals surface area contributed by atoms with Gasteiger partial charge in [-0.3, -0.25) is 14.8 Å². The molecule has 1 aliphatic heterocycles. The fourth-order valence-electron chi connectivity index (χ4n) is 8.50. The molecule has 1 aliphatic rings. The van der Waals surface area contributed by atoms with Crippen molar-refractivity contribution in [2.24, 2.45) is 0 Å². The van der Waals surface area contributed by atoms with E-state index >= 15 is 0 Å². The van der Waals surface area contributed by atoms with Gasteiger partial charge in [-0.05, 0) is 85.6 Å². The van der Waals surface area contributed by atoms with Crippen molar-refractivity contribution in [2.45, 2.75) is 71.1 Å². The van der Waals surface area contributed by atoms with E-state index in [1.165, 1.54) is 36.5 Å². The minimum absolute atomic E-state index is 0. The van der Waals surface area contributed by atoms with Crippen molar-refractivity contribution >= 4 is 93.1 Å². The summed E-state index contributed by atoms with van der Waals surface area (Å²) in [5, 5.41) is 3.49. The number of piperidine rings is 1. The predicted molar refractivity (Wildman–Crippen MR) is 283 cm³/mol. The molecule has 3 atom stereocenters. The molecule has 9 rings (SSSR count). The first-order chi connectivity index (χ1) is 38.3. The summed E-state index contributed by atoms with van der Waals surface area (Å²) in [6, 6.07) is 11.9. The van der Waals surface area contributed by atoms with E-state index in [0.717, 1.165) is 55.1 Å². The Morgan fingerprint density at radius 2 is 0.953 bits per heavy atom. The maximum Gasteiger partial charge on any atom is 0.418 e. The number of para-hydroxylation sites is 3. The average molecular weight is 1430 g/mol. The number of benzene rings is 3. The van der Waals surface area contributed by atoms with E-state index in [9.17, 15) is 108 Å². The zero-order valence-electron chi connectivity index (χ0n) is 41.9. The zero-order valence-corrected chi connectivity index (χ0v) is 46.6. The van der Waals surface area contributed by atoms with Gasteiger partial charge >= 0.3 is 49.2 Å². The maximum absolute atomic E-state index is 13.4. The summed E-state index contributed by atoms with van der Waals surface area (Å²) in [6.45, 7) is 7.73. The van der Waals surface area contributed by atoms with Crippen LogP contribution in [0.3, 0.4) is 0 Å². The number of carbonyl (C=O) groups is 1. The Hall–Kier alpha value is -6.63. The molecule has 1 saturated heterocycles. The molecule has 8 aromatic rings. The van der Waals surface area contributed by atoms with Crippen LogP contribution >= 0.6 is 54.6 Å². The third kappa shape index (κ3) is 15.7. The normalized spacial score (nSPS) is 17.7. The lowest BCUT2D eigenvalue weighted by molar-refractivity contribution is -0.137. The quantitative estimate of drug-likeness (QED) is 0.0635. The van der Waals surface area contributed by atoms with E-state index in [-0.39, 0.29) is 49.3 Å². The lowest BCUT2D eigenvalue weighted by atomic mass is 9.92. The molecule has 0 spiro atoms. The highest BCUT2D eigenvalue weighted by molar-refractivity contribution is 14.0. The van der Waals surface area contributed by atoms with E-state index in [1.807, 2.05) is 0 Å². The number of aliphatic hydroxyl groups is 1. The van der Waals surface area contributed by atoms with Crippen LogP contribution in [0.4, 0.5) is 97.8 Å². The minimum atomic E-state index is -10.5. The predicted octanol–water partition coefficient (Wildman–Crippen LogP) is 20.8. The molecule has 1 fully saturated rings. The van der Waals surface area contributed by atoms with Crippen molar-refractivity contribution in [2.75, 3.05) is 6.54 Å². The number of hydrogen-bond donors (Lipinski definition) is 2. The van der Waals surface area contributed by atoms with Gasteiger partial charge in [-0.15, -0.1) is 24.0 Å². The van der Waals surface area contributed by atoms with Crippen molar-refractivity contribution in [3.63, 3.8) is 0 Å². The molecule has 0 aliphatic carbocycles. The van der Waals surface area contributed by atoms with Gasteiger partial charge in [-0.2, -0.15) is 39.5 Å². The molecule has 6 heterocycles. The maximum atomic E-state index is 13.4. The number of pyridine rings is 5. The highest BCUT2D eigenvalue weighted by Crippen LogP contribution is 3.03. The number of carbonyl (C=O) groups excluding carboxylic acids is 1. The molecule has 86 heavy (non-hydrogen) atoms. The van der Waals surface area contributed by atoms with Gasteiger partial charge in [0.05, 0.1) is 44.9 Å². The summed E-state index contributed by atoms with van der Waals surface area (Å²) in [4.78, 5) is 31.0. The van der Waals surface area contributed by atoms with E-state index in [0.29, 0.717) is 37.6 Å². The average Bonchev–Trinajstić information content (AvgIpc) is 0.732. The molecule has 9 nitrogen and oxygen atoms in total. The third-order valence-electron chi connectivity index (χ3n) is 12.2. The summed E-state index contributed by atoms with van der Waals surface area (Å²) >= 11 is 0. The molecule has 37 heteroatoms. The van der Waals surface area contributed by atoms with Crippen molar-refractivity contribution in [1.29, 1.82) is 0 Å². The van der Waals surface area contributed by atoms with Crippen molar-refractivity contribution < 1.29 is 109 Å². The van der Waals surface area contributed by atoms with Crippen LogP contribution in [-0.2, 0) is 18.5 Å². The van der Waals surface area contributed by atoms with Crippen LogP contribution in [-0.4, -0.2) is 48.4 Å². The first-order valence-corrected chi connectivity index (χ1v) is 29.0. The Morgan fingerprint density at radius 1 is 0.547 bits per heavy atom. The van der Waals surface area contributed by atoms with Crippen molar-refractivity contribution in [3.8, 4) is 0 Å². The summed E-state index contributed by atoms with van der Waals surface area (Å²) in [7, 11) is -31.3.